The van der Waals surface area contributed by atoms with E-state index in [0.29, 0.717) is 6.42 Å². The van der Waals surface area contributed by atoms with Crippen LogP contribution in [0.2, 0.25) is 0 Å². The molecule has 0 aromatic heterocycles. The summed E-state index contributed by atoms with van der Waals surface area (Å²) in [4.78, 5) is 36.3. The average Bonchev–Trinajstić information content (AvgIpc) is 2.71. The molecule has 2 rings (SSSR count). The van der Waals surface area contributed by atoms with Crippen LogP contribution in [-0.2, 0) is 27.2 Å². The molecule has 0 aliphatic heterocycles. The highest BCUT2D eigenvalue weighted by Gasteiger charge is 2.23. The lowest BCUT2D eigenvalue weighted by atomic mass is 10.0. The molecule has 0 radical (unpaired) electrons. The van der Waals surface area contributed by atoms with Gasteiger partial charge >= 0.3 is 0 Å². The predicted octanol–water partition coefficient (Wildman–Crippen LogP) is 0.748. The van der Waals surface area contributed by atoms with Crippen LogP contribution in [-0.4, -0.2) is 23.8 Å². The Morgan fingerprint density at radius 1 is 0.929 bits per heavy atom. The van der Waals surface area contributed by atoms with Crippen molar-refractivity contribution in [1.29, 1.82) is 0 Å². The lowest BCUT2D eigenvalue weighted by molar-refractivity contribution is -0.129. The molecule has 2 aromatic carbocycles. The van der Waals surface area contributed by atoms with Gasteiger partial charge in [0.2, 0.25) is 11.8 Å². The van der Waals surface area contributed by atoms with Crippen molar-refractivity contribution >= 4 is 17.7 Å². The fourth-order valence-corrected chi connectivity index (χ4v) is 2.63. The van der Waals surface area contributed by atoms with Gasteiger partial charge in [-0.15, -0.1) is 0 Å². The number of primary amides is 1. The number of hydrogen-bond acceptors (Lipinski definition) is 4. The second-order valence-electron chi connectivity index (χ2n) is 6.23. The first-order valence-electron chi connectivity index (χ1n) is 8.89. The van der Waals surface area contributed by atoms with Gasteiger partial charge in [0.1, 0.15) is 11.7 Å². The highest BCUT2D eigenvalue weighted by atomic mass is 16.2. The van der Waals surface area contributed by atoms with Gasteiger partial charge in [-0.05, 0) is 17.5 Å². The second kappa shape index (κ2) is 10.5. The van der Waals surface area contributed by atoms with E-state index in [9.17, 15) is 14.4 Å². The maximum absolute atomic E-state index is 12.6. The molecule has 0 bridgehead atoms. The number of aryl methyl sites for hydroxylation is 1. The molecule has 0 aliphatic rings. The maximum Gasteiger partial charge on any atom is 0.266 e. The van der Waals surface area contributed by atoms with E-state index in [4.69, 9.17) is 11.5 Å². The number of carbonyl (C=O) groups excluding carboxylic acids is 3. The number of amides is 3. The molecular formula is C21H24N4O3. The molecule has 28 heavy (non-hydrogen) atoms. The third-order valence-corrected chi connectivity index (χ3v) is 4.11. The van der Waals surface area contributed by atoms with E-state index in [2.05, 4.69) is 10.6 Å². The first kappa shape index (κ1) is 20.7. The van der Waals surface area contributed by atoms with E-state index in [1.807, 2.05) is 60.7 Å². The zero-order valence-electron chi connectivity index (χ0n) is 15.4. The molecule has 6 N–H and O–H groups in total. The third-order valence-electron chi connectivity index (χ3n) is 4.11. The van der Waals surface area contributed by atoms with Gasteiger partial charge < -0.3 is 22.1 Å². The van der Waals surface area contributed by atoms with Crippen LogP contribution in [0.1, 0.15) is 17.5 Å². The molecule has 7 nitrogen and oxygen atoms in total. The van der Waals surface area contributed by atoms with E-state index in [1.165, 1.54) is 0 Å². The predicted molar refractivity (Wildman–Crippen MR) is 106 cm³/mol. The van der Waals surface area contributed by atoms with Crippen LogP contribution in [0.25, 0.3) is 0 Å². The van der Waals surface area contributed by atoms with Crippen molar-refractivity contribution in [2.75, 3.05) is 0 Å². The number of nitrogens with two attached hydrogens (primary N) is 2. The molecule has 146 valence electrons. The average molecular weight is 380 g/mol. The van der Waals surface area contributed by atoms with Crippen molar-refractivity contribution in [3.05, 3.63) is 83.7 Å². The lowest BCUT2D eigenvalue weighted by Gasteiger charge is -2.19. The third kappa shape index (κ3) is 6.60. The van der Waals surface area contributed by atoms with E-state index < -0.39 is 17.9 Å². The smallest absolute Gasteiger partial charge is 0.266 e. The number of benzene rings is 2. The van der Waals surface area contributed by atoms with Gasteiger partial charge in [-0.25, -0.2) is 0 Å². The molecule has 1 unspecified atom stereocenters. The van der Waals surface area contributed by atoms with Gasteiger partial charge in [-0.2, -0.15) is 0 Å². The minimum absolute atomic E-state index is 0.221. The lowest BCUT2D eigenvalue weighted by Crippen LogP contribution is -2.49. The zero-order chi connectivity index (χ0) is 20.4. The van der Waals surface area contributed by atoms with E-state index in [1.54, 1.807) is 0 Å². The molecule has 0 saturated heterocycles. The Morgan fingerprint density at radius 2 is 1.50 bits per heavy atom. The summed E-state index contributed by atoms with van der Waals surface area (Å²) in [5.74, 6) is -1.69. The minimum Gasteiger partial charge on any atom is -0.403 e. The SMILES string of the molecule is N/C=C(/NC(=O)C(Cc1ccccc1)NC(=O)CCc1ccccc1)C(N)=O. The van der Waals surface area contributed by atoms with Gasteiger partial charge in [0, 0.05) is 19.0 Å². The van der Waals surface area contributed by atoms with Crippen molar-refractivity contribution in [3.63, 3.8) is 0 Å². The van der Waals surface area contributed by atoms with Crippen molar-refractivity contribution in [2.45, 2.75) is 25.3 Å². The number of rotatable bonds is 9. The topological polar surface area (TPSA) is 127 Å². The Balaban J connectivity index is 2.05. The molecule has 0 saturated carbocycles. The maximum atomic E-state index is 12.6. The summed E-state index contributed by atoms with van der Waals surface area (Å²) < 4.78 is 0. The van der Waals surface area contributed by atoms with Crippen molar-refractivity contribution in [2.24, 2.45) is 11.5 Å². The Morgan fingerprint density at radius 3 is 2.04 bits per heavy atom. The monoisotopic (exact) mass is 380 g/mol. The molecule has 0 heterocycles. The highest BCUT2D eigenvalue weighted by molar-refractivity contribution is 5.98. The first-order chi connectivity index (χ1) is 13.5. The molecule has 2 aromatic rings. The molecule has 3 amide bonds. The van der Waals surface area contributed by atoms with Crippen molar-refractivity contribution in [1.82, 2.24) is 10.6 Å². The van der Waals surface area contributed by atoms with Crippen LogP contribution in [0.5, 0.6) is 0 Å². The molecule has 0 aliphatic carbocycles. The van der Waals surface area contributed by atoms with Crippen LogP contribution in [0.15, 0.2) is 72.6 Å². The van der Waals surface area contributed by atoms with Crippen molar-refractivity contribution < 1.29 is 14.4 Å². The summed E-state index contributed by atoms with van der Waals surface area (Å²) >= 11 is 0. The standard InChI is InChI=1S/C21H24N4O3/c22-14-18(20(23)27)25-21(28)17(13-16-9-5-2-6-10-16)24-19(26)12-11-15-7-3-1-4-8-15/h1-10,14,17H,11-13,22H2,(H2,23,27)(H,24,26)(H,25,28)/b18-14+. The summed E-state index contributed by atoms with van der Waals surface area (Å²) in [6, 6.07) is 18.0. The van der Waals surface area contributed by atoms with Crippen molar-refractivity contribution in [3.8, 4) is 0 Å². The van der Waals surface area contributed by atoms with Crippen LogP contribution in [0.4, 0.5) is 0 Å². The van der Waals surface area contributed by atoms with E-state index >= 15 is 0 Å². The summed E-state index contributed by atoms with van der Waals surface area (Å²) in [6.45, 7) is 0. The number of hydrogen-bond donors (Lipinski definition) is 4. The van der Waals surface area contributed by atoms with Gasteiger partial charge in [-0.3, -0.25) is 14.4 Å². The molecule has 1 atom stereocenters. The number of nitrogens with one attached hydrogen (secondary N) is 2. The van der Waals surface area contributed by atoms with Crippen LogP contribution in [0.3, 0.4) is 0 Å². The molecule has 7 heteroatoms. The highest BCUT2D eigenvalue weighted by Crippen LogP contribution is 2.06. The fraction of sp³-hybridized carbons (Fsp3) is 0.190. The van der Waals surface area contributed by atoms with Gasteiger partial charge in [0.05, 0.1) is 0 Å². The Kier molecular flexibility index (Phi) is 7.77. The van der Waals surface area contributed by atoms with Gasteiger partial charge in [0.25, 0.3) is 5.91 Å². The Hall–Kier alpha value is -3.61. The Labute approximate surface area is 163 Å². The van der Waals surface area contributed by atoms with Crippen LogP contribution >= 0.6 is 0 Å². The summed E-state index contributed by atoms with van der Waals surface area (Å²) in [7, 11) is 0. The fourth-order valence-electron chi connectivity index (χ4n) is 2.63. The summed E-state index contributed by atoms with van der Waals surface area (Å²) in [5.41, 5.74) is 12.2. The minimum atomic E-state index is -0.875. The second-order valence-corrected chi connectivity index (χ2v) is 6.23. The largest absolute Gasteiger partial charge is 0.403 e. The zero-order valence-corrected chi connectivity index (χ0v) is 15.4. The van der Waals surface area contributed by atoms with E-state index in [-0.39, 0.29) is 24.4 Å². The van der Waals surface area contributed by atoms with Gasteiger partial charge in [0.15, 0.2) is 0 Å². The van der Waals surface area contributed by atoms with Gasteiger partial charge in [-0.1, -0.05) is 60.7 Å². The molecule has 0 fully saturated rings. The summed E-state index contributed by atoms with van der Waals surface area (Å²) in [5, 5.41) is 5.11. The number of carbonyl (C=O) groups is 3. The van der Waals surface area contributed by atoms with Crippen LogP contribution in [0, 0.1) is 0 Å². The molecule has 0 spiro atoms. The van der Waals surface area contributed by atoms with Crippen LogP contribution < -0.4 is 22.1 Å². The quantitative estimate of drug-likeness (QED) is 0.479. The molecular weight excluding hydrogens is 356 g/mol. The van der Waals surface area contributed by atoms with E-state index in [0.717, 1.165) is 17.3 Å². The Bertz CT molecular complexity index is 835. The normalized spacial score (nSPS) is 12.1. The summed E-state index contributed by atoms with van der Waals surface area (Å²) in [6.07, 6.45) is 1.98. The first-order valence-corrected chi connectivity index (χ1v) is 8.89.